The van der Waals surface area contributed by atoms with Crippen LogP contribution < -0.4 is 5.73 Å². The highest BCUT2D eigenvalue weighted by Gasteiger charge is 2.33. The smallest absolute Gasteiger partial charge is 0.328 e. The molecule has 1 aliphatic rings. The molecule has 0 aromatic heterocycles. The average molecular weight is 251 g/mol. The van der Waals surface area contributed by atoms with Crippen LogP contribution in [0.5, 0.6) is 0 Å². The molecule has 86 valence electrons. The molecule has 0 unspecified atom stereocenters. The lowest BCUT2D eigenvalue weighted by atomic mass is 10.1. The molecule has 0 atom stereocenters. The van der Waals surface area contributed by atoms with E-state index in [1.165, 1.54) is 0 Å². The van der Waals surface area contributed by atoms with Crippen molar-refractivity contribution in [3.05, 3.63) is 0 Å². The molecule has 1 fully saturated rings. The van der Waals surface area contributed by atoms with Crippen LogP contribution in [0.25, 0.3) is 0 Å². The Bertz CT molecular complexity index is 265. The van der Waals surface area contributed by atoms with Crippen molar-refractivity contribution in [1.29, 1.82) is 0 Å². The highest BCUT2D eigenvalue weighted by atomic mass is 35.5. The highest BCUT2D eigenvalue weighted by Crippen LogP contribution is 2.17. The minimum Gasteiger partial charge on any atom is -0.328 e. The summed E-state index contributed by atoms with van der Waals surface area (Å²) in [6, 6.07) is -0.0656. The van der Waals surface area contributed by atoms with E-state index >= 15 is 0 Å². The standard InChI is InChI=1S/C6H12F2N2O2S.ClH/c7-6(8)13(11,12)10-3-1-5(9)2-4-10;/h5-6H,1-4,9H2;1H. The van der Waals surface area contributed by atoms with Gasteiger partial charge in [-0.25, -0.2) is 8.42 Å². The topological polar surface area (TPSA) is 63.4 Å². The predicted octanol–water partition coefficient (Wildman–Crippen LogP) is 0.384. The van der Waals surface area contributed by atoms with Gasteiger partial charge in [0.15, 0.2) is 0 Å². The minimum atomic E-state index is -4.38. The van der Waals surface area contributed by atoms with Crippen molar-refractivity contribution in [2.75, 3.05) is 13.1 Å². The van der Waals surface area contributed by atoms with E-state index in [-0.39, 0.29) is 31.5 Å². The predicted molar refractivity (Wildman–Crippen MR) is 51.0 cm³/mol. The molecule has 0 spiro atoms. The van der Waals surface area contributed by atoms with Gasteiger partial charge in [-0.15, -0.1) is 12.4 Å². The molecule has 1 saturated heterocycles. The van der Waals surface area contributed by atoms with E-state index in [4.69, 9.17) is 5.73 Å². The van der Waals surface area contributed by atoms with Crippen molar-refractivity contribution in [1.82, 2.24) is 4.31 Å². The van der Waals surface area contributed by atoms with Gasteiger partial charge in [0.1, 0.15) is 0 Å². The third kappa shape index (κ3) is 3.01. The van der Waals surface area contributed by atoms with Crippen LogP contribution >= 0.6 is 12.4 Å². The van der Waals surface area contributed by atoms with Crippen LogP contribution in [0.1, 0.15) is 12.8 Å². The van der Waals surface area contributed by atoms with Gasteiger partial charge in [0.05, 0.1) is 0 Å². The first kappa shape index (κ1) is 14.0. The zero-order valence-electron chi connectivity index (χ0n) is 7.40. The van der Waals surface area contributed by atoms with Crippen molar-refractivity contribution in [3.8, 4) is 0 Å². The molecule has 0 saturated carbocycles. The maximum absolute atomic E-state index is 12.0. The second-order valence-electron chi connectivity index (χ2n) is 3.04. The van der Waals surface area contributed by atoms with E-state index < -0.39 is 15.8 Å². The lowest BCUT2D eigenvalue weighted by molar-refractivity contribution is 0.211. The summed E-state index contributed by atoms with van der Waals surface area (Å²) in [7, 11) is -4.38. The number of rotatable bonds is 2. The number of hydrogen-bond acceptors (Lipinski definition) is 3. The van der Waals surface area contributed by atoms with Crippen LogP contribution in [0.2, 0.25) is 0 Å². The summed E-state index contributed by atoms with van der Waals surface area (Å²) < 4.78 is 46.7. The summed E-state index contributed by atoms with van der Waals surface area (Å²) in [6.07, 6.45) is 0.901. The molecule has 0 aromatic carbocycles. The van der Waals surface area contributed by atoms with E-state index in [1.54, 1.807) is 0 Å². The Labute approximate surface area is 87.9 Å². The van der Waals surface area contributed by atoms with Crippen molar-refractivity contribution < 1.29 is 17.2 Å². The van der Waals surface area contributed by atoms with Gasteiger partial charge in [0, 0.05) is 19.1 Å². The highest BCUT2D eigenvalue weighted by molar-refractivity contribution is 7.89. The van der Waals surface area contributed by atoms with Gasteiger partial charge in [-0.3, -0.25) is 0 Å². The fourth-order valence-corrected chi connectivity index (χ4v) is 2.19. The van der Waals surface area contributed by atoms with Gasteiger partial charge in [-0.1, -0.05) is 0 Å². The summed E-state index contributed by atoms with van der Waals surface area (Å²) >= 11 is 0. The molecule has 0 radical (unpaired) electrons. The number of piperidine rings is 1. The molecular formula is C6H13ClF2N2O2S. The number of halogens is 3. The Kier molecular flexibility index (Phi) is 5.21. The van der Waals surface area contributed by atoms with Crippen molar-refractivity contribution in [2.45, 2.75) is 24.6 Å². The van der Waals surface area contributed by atoms with Crippen LogP contribution in [0, 0.1) is 0 Å². The Morgan fingerprint density at radius 1 is 1.29 bits per heavy atom. The number of hydrogen-bond donors (Lipinski definition) is 1. The summed E-state index contributed by atoms with van der Waals surface area (Å²) in [5.74, 6) is -3.32. The van der Waals surface area contributed by atoms with Gasteiger partial charge in [0.25, 0.3) is 10.0 Å². The van der Waals surface area contributed by atoms with Gasteiger partial charge in [0.2, 0.25) is 0 Å². The second kappa shape index (κ2) is 5.20. The molecule has 0 aromatic rings. The van der Waals surface area contributed by atoms with Gasteiger partial charge < -0.3 is 5.73 Å². The molecule has 0 bridgehead atoms. The maximum Gasteiger partial charge on any atom is 0.350 e. The molecular weight excluding hydrogens is 238 g/mol. The first-order valence-corrected chi connectivity index (χ1v) is 5.47. The average Bonchev–Trinajstić information content (AvgIpc) is 2.04. The van der Waals surface area contributed by atoms with Crippen LogP contribution in [0.15, 0.2) is 0 Å². The van der Waals surface area contributed by atoms with E-state index in [0.717, 1.165) is 4.31 Å². The quantitative estimate of drug-likeness (QED) is 0.771. The fraction of sp³-hybridized carbons (Fsp3) is 1.00. The van der Waals surface area contributed by atoms with Gasteiger partial charge in [-0.05, 0) is 12.8 Å². The van der Waals surface area contributed by atoms with Crippen molar-refractivity contribution in [3.63, 3.8) is 0 Å². The number of sulfonamides is 1. The van der Waals surface area contributed by atoms with Crippen molar-refractivity contribution >= 4 is 22.4 Å². The summed E-state index contributed by atoms with van der Waals surface area (Å²) in [5.41, 5.74) is 5.51. The third-order valence-corrected chi connectivity index (χ3v) is 3.62. The Morgan fingerprint density at radius 2 is 1.71 bits per heavy atom. The summed E-state index contributed by atoms with van der Waals surface area (Å²) in [6.45, 7) is 0.210. The van der Waals surface area contributed by atoms with E-state index in [9.17, 15) is 17.2 Å². The number of nitrogens with two attached hydrogens (primary N) is 1. The van der Waals surface area contributed by atoms with Crippen LogP contribution in [0.4, 0.5) is 8.78 Å². The van der Waals surface area contributed by atoms with Crippen LogP contribution in [-0.4, -0.2) is 37.6 Å². The number of nitrogens with zero attached hydrogens (tertiary/aromatic N) is 1. The lowest BCUT2D eigenvalue weighted by Crippen LogP contribution is -2.44. The monoisotopic (exact) mass is 250 g/mol. The largest absolute Gasteiger partial charge is 0.350 e. The first-order valence-electron chi connectivity index (χ1n) is 3.97. The molecule has 4 nitrogen and oxygen atoms in total. The van der Waals surface area contributed by atoms with E-state index in [2.05, 4.69) is 0 Å². The molecule has 0 aliphatic carbocycles. The van der Waals surface area contributed by atoms with Gasteiger partial charge >= 0.3 is 5.76 Å². The molecule has 1 rings (SSSR count). The molecule has 1 heterocycles. The van der Waals surface area contributed by atoms with E-state index in [1.807, 2.05) is 0 Å². The van der Waals surface area contributed by atoms with Gasteiger partial charge in [-0.2, -0.15) is 13.1 Å². The Morgan fingerprint density at radius 3 is 2.07 bits per heavy atom. The minimum absolute atomic E-state index is 0. The molecule has 0 amide bonds. The maximum atomic E-state index is 12.0. The van der Waals surface area contributed by atoms with Crippen LogP contribution in [0.3, 0.4) is 0 Å². The normalized spacial score (nSPS) is 20.9. The SMILES string of the molecule is Cl.NC1CCN(S(=O)(=O)C(F)F)CC1. The first-order chi connectivity index (χ1) is 5.94. The molecule has 2 N–H and O–H groups in total. The fourth-order valence-electron chi connectivity index (χ4n) is 1.24. The Hall–Kier alpha value is 0.0200. The zero-order chi connectivity index (χ0) is 10.1. The molecule has 1 aliphatic heterocycles. The summed E-state index contributed by atoms with van der Waals surface area (Å²) in [5, 5.41) is 0. The Balaban J connectivity index is 0.00000169. The van der Waals surface area contributed by atoms with E-state index in [0.29, 0.717) is 12.8 Å². The summed E-state index contributed by atoms with van der Waals surface area (Å²) in [4.78, 5) is 0. The second-order valence-corrected chi connectivity index (χ2v) is 4.94. The van der Waals surface area contributed by atoms with Crippen molar-refractivity contribution in [2.24, 2.45) is 5.73 Å². The number of alkyl halides is 2. The lowest BCUT2D eigenvalue weighted by Gasteiger charge is -2.28. The van der Waals surface area contributed by atoms with Crippen LogP contribution in [-0.2, 0) is 10.0 Å². The molecule has 14 heavy (non-hydrogen) atoms. The third-order valence-electron chi connectivity index (χ3n) is 2.08. The molecule has 8 heteroatoms. The zero-order valence-corrected chi connectivity index (χ0v) is 9.03.